The van der Waals surface area contributed by atoms with Gasteiger partial charge in [-0.15, -0.1) is 22.7 Å². The smallest absolute Gasteiger partial charge is 0.246 e. The van der Waals surface area contributed by atoms with Crippen molar-refractivity contribution >= 4 is 45.5 Å². The van der Waals surface area contributed by atoms with Crippen molar-refractivity contribution in [3.05, 3.63) is 70.7 Å². The molecule has 5 heterocycles. The lowest BCUT2D eigenvalue weighted by molar-refractivity contribution is -0.144. The Labute approximate surface area is 343 Å². The van der Waals surface area contributed by atoms with Crippen molar-refractivity contribution < 1.29 is 29.0 Å². The van der Waals surface area contributed by atoms with E-state index in [1.54, 1.807) is 22.7 Å². The zero-order valence-electron chi connectivity index (χ0n) is 33.5. The Bertz CT molecular complexity index is 2020. The lowest BCUT2D eigenvalue weighted by Gasteiger charge is -2.37. The number of benzene rings is 2. The molecule has 1 spiro atoms. The molecular weight excluding hydrogens is 761 g/mol. The summed E-state index contributed by atoms with van der Waals surface area (Å²) in [5.41, 5.74) is 6.48. The first-order valence-corrected chi connectivity index (χ1v) is 21.6. The van der Waals surface area contributed by atoms with E-state index in [9.17, 15) is 19.5 Å². The highest BCUT2D eigenvalue weighted by molar-refractivity contribution is 7.14. The van der Waals surface area contributed by atoms with Crippen LogP contribution in [0.15, 0.2) is 59.4 Å². The second kappa shape index (κ2) is 17.2. The van der Waals surface area contributed by atoms with E-state index in [1.165, 1.54) is 4.90 Å². The van der Waals surface area contributed by atoms with E-state index in [0.29, 0.717) is 24.9 Å². The molecule has 4 atom stereocenters. The molecule has 7 rings (SSSR count). The van der Waals surface area contributed by atoms with Gasteiger partial charge in [0.2, 0.25) is 17.7 Å². The number of ether oxygens (including phenoxy) is 2. The molecule has 0 aliphatic carbocycles. The standard InChI is InChI=1S/C43H54N6O6S2/c1-27(29-9-11-31(12-10-29)37-28(2)44-26-57-37)45-39(52)35-20-32(50)21-49(35)40(53)38(42(3,4)5)47-36(51)8-6-7-19-55-33-15-13-30(14-16-33)34-22-56-41(46-34)48-18-17-43(23-48)24-54-25-43/h9-16,22,26-27,32,35,38,50H,6-8,17-21,23-25H2,1-5H3,(H,45,52)(H,47,51). The molecular formula is C43H54N6O6S2. The van der Waals surface area contributed by atoms with Crippen LogP contribution in [0.5, 0.6) is 5.75 Å². The summed E-state index contributed by atoms with van der Waals surface area (Å²) in [5, 5.41) is 19.8. The van der Waals surface area contributed by atoms with Crippen LogP contribution in [0.4, 0.5) is 5.13 Å². The van der Waals surface area contributed by atoms with Gasteiger partial charge in [-0.25, -0.2) is 9.97 Å². The highest BCUT2D eigenvalue weighted by Gasteiger charge is 2.46. The summed E-state index contributed by atoms with van der Waals surface area (Å²) in [5.74, 6) is -0.203. The highest BCUT2D eigenvalue weighted by Crippen LogP contribution is 2.41. The Balaban J connectivity index is 0.862. The molecule has 3 N–H and O–H groups in total. The van der Waals surface area contributed by atoms with E-state index in [2.05, 4.69) is 25.9 Å². The fourth-order valence-corrected chi connectivity index (χ4v) is 9.49. The van der Waals surface area contributed by atoms with Crippen molar-refractivity contribution in [2.24, 2.45) is 10.8 Å². The first-order chi connectivity index (χ1) is 27.3. The molecule has 3 saturated heterocycles. The number of thiazole rings is 2. The first-order valence-electron chi connectivity index (χ1n) is 19.9. The molecule has 12 nitrogen and oxygen atoms in total. The maximum absolute atomic E-state index is 14.1. The minimum atomic E-state index is -0.876. The van der Waals surface area contributed by atoms with Crippen LogP contribution in [0.1, 0.15) is 77.1 Å². The summed E-state index contributed by atoms with van der Waals surface area (Å²) < 4.78 is 11.4. The Hall–Kier alpha value is -4.37. The number of aromatic nitrogens is 2. The van der Waals surface area contributed by atoms with Crippen LogP contribution in [0.2, 0.25) is 0 Å². The van der Waals surface area contributed by atoms with Gasteiger partial charge in [-0.05, 0) is 73.9 Å². The first kappa shape index (κ1) is 40.8. The van der Waals surface area contributed by atoms with E-state index >= 15 is 0 Å². The SMILES string of the molecule is Cc1ncsc1-c1ccc(C(C)NC(=O)C2CC(O)CN2C(=O)C(NC(=O)CCCCOc2ccc(-c3csc(N4CCC5(COC5)C4)n3)cc2)C(C)(C)C)cc1. The molecule has 2 aromatic carbocycles. The molecule has 4 unspecified atom stereocenters. The summed E-state index contributed by atoms with van der Waals surface area (Å²) in [7, 11) is 0. The average Bonchev–Trinajstić information content (AvgIpc) is 4.00. The van der Waals surface area contributed by atoms with Crippen molar-refractivity contribution in [3.63, 3.8) is 0 Å². The number of nitrogens with one attached hydrogen (secondary N) is 2. The molecule has 304 valence electrons. The molecule has 2 aromatic heterocycles. The molecule has 3 aliphatic heterocycles. The molecule has 3 fully saturated rings. The lowest BCUT2D eigenvalue weighted by Crippen LogP contribution is -2.57. The topological polar surface area (TPSA) is 146 Å². The van der Waals surface area contributed by atoms with E-state index in [-0.39, 0.29) is 43.1 Å². The van der Waals surface area contributed by atoms with Gasteiger partial charge in [0.05, 0.1) is 53.7 Å². The molecule has 14 heteroatoms. The van der Waals surface area contributed by atoms with Gasteiger partial charge in [0.15, 0.2) is 5.13 Å². The second-order valence-corrected chi connectivity index (χ2v) is 18.6. The van der Waals surface area contributed by atoms with Crippen LogP contribution in [-0.2, 0) is 19.1 Å². The van der Waals surface area contributed by atoms with Crippen LogP contribution in [-0.4, -0.2) is 95.3 Å². The predicted octanol–water partition coefficient (Wildman–Crippen LogP) is 6.39. The van der Waals surface area contributed by atoms with Gasteiger partial charge in [0.1, 0.15) is 17.8 Å². The third-order valence-corrected chi connectivity index (χ3v) is 13.2. The number of β-amino-alcohol motifs (C(OH)–C–C–N with tert-alkyl or cyclic N) is 1. The van der Waals surface area contributed by atoms with Gasteiger partial charge in [-0.1, -0.05) is 45.0 Å². The van der Waals surface area contributed by atoms with Gasteiger partial charge in [0, 0.05) is 48.8 Å². The maximum atomic E-state index is 14.1. The minimum Gasteiger partial charge on any atom is -0.494 e. The van der Waals surface area contributed by atoms with Crippen molar-refractivity contribution in [1.29, 1.82) is 0 Å². The molecule has 0 saturated carbocycles. The lowest BCUT2D eigenvalue weighted by atomic mass is 9.85. The number of aliphatic hydroxyl groups is 1. The number of nitrogens with zero attached hydrogens (tertiary/aromatic N) is 4. The number of amides is 3. The van der Waals surface area contributed by atoms with Gasteiger partial charge in [-0.3, -0.25) is 14.4 Å². The number of aryl methyl sites for hydroxylation is 1. The largest absolute Gasteiger partial charge is 0.494 e. The summed E-state index contributed by atoms with van der Waals surface area (Å²) in [6, 6.07) is 13.9. The van der Waals surface area contributed by atoms with E-state index < -0.39 is 23.6 Å². The van der Waals surface area contributed by atoms with E-state index in [0.717, 1.165) is 76.6 Å². The van der Waals surface area contributed by atoms with Gasteiger partial charge >= 0.3 is 0 Å². The van der Waals surface area contributed by atoms with Gasteiger partial charge in [-0.2, -0.15) is 0 Å². The molecule has 4 aromatic rings. The Morgan fingerprint density at radius 3 is 2.42 bits per heavy atom. The number of likely N-dealkylation sites (tertiary alicyclic amines) is 1. The summed E-state index contributed by atoms with van der Waals surface area (Å²) in [4.78, 5) is 55.0. The highest BCUT2D eigenvalue weighted by atomic mass is 32.1. The zero-order valence-corrected chi connectivity index (χ0v) is 35.1. The Morgan fingerprint density at radius 2 is 1.77 bits per heavy atom. The van der Waals surface area contributed by atoms with Crippen molar-refractivity contribution in [3.8, 4) is 27.4 Å². The predicted molar refractivity (Wildman–Crippen MR) is 223 cm³/mol. The molecule has 0 radical (unpaired) electrons. The van der Waals surface area contributed by atoms with Crippen LogP contribution >= 0.6 is 22.7 Å². The Kier molecular flexibility index (Phi) is 12.3. The van der Waals surface area contributed by atoms with Crippen molar-refractivity contribution in [2.45, 2.75) is 91.0 Å². The quantitative estimate of drug-likeness (QED) is 0.123. The zero-order chi connectivity index (χ0) is 40.3. The fourth-order valence-electron chi connectivity index (χ4n) is 7.82. The van der Waals surface area contributed by atoms with Crippen molar-refractivity contribution in [2.75, 3.05) is 44.4 Å². The number of rotatable bonds is 14. The van der Waals surface area contributed by atoms with Crippen LogP contribution in [0.3, 0.4) is 0 Å². The number of hydrogen-bond donors (Lipinski definition) is 3. The summed E-state index contributed by atoms with van der Waals surface area (Å²) >= 11 is 3.27. The fraction of sp³-hybridized carbons (Fsp3) is 0.512. The number of carbonyl (C=O) groups is 3. The van der Waals surface area contributed by atoms with E-state index in [1.807, 2.05) is 88.7 Å². The Morgan fingerprint density at radius 1 is 1.04 bits per heavy atom. The number of carbonyl (C=O) groups excluding carboxylic acids is 3. The molecule has 3 amide bonds. The van der Waals surface area contributed by atoms with Gasteiger partial charge < -0.3 is 35.0 Å². The molecule has 0 bridgehead atoms. The summed E-state index contributed by atoms with van der Waals surface area (Å²) in [6.45, 7) is 13.8. The number of anilines is 1. The summed E-state index contributed by atoms with van der Waals surface area (Å²) in [6.07, 6.45) is 1.91. The third kappa shape index (κ3) is 9.51. The number of aliphatic hydroxyl groups excluding tert-OH is 1. The van der Waals surface area contributed by atoms with Gasteiger partial charge in [0.25, 0.3) is 0 Å². The third-order valence-electron chi connectivity index (χ3n) is 11.3. The maximum Gasteiger partial charge on any atom is 0.246 e. The normalized spacial score (nSPS) is 20.0. The average molecular weight is 815 g/mol. The number of unbranched alkanes of at least 4 members (excludes halogenated alkanes) is 1. The minimum absolute atomic E-state index is 0.0230. The molecule has 57 heavy (non-hydrogen) atoms. The monoisotopic (exact) mass is 814 g/mol. The second-order valence-electron chi connectivity index (χ2n) is 16.9. The number of hydrogen-bond acceptors (Lipinski definition) is 11. The molecule has 3 aliphatic rings. The van der Waals surface area contributed by atoms with Crippen molar-refractivity contribution in [1.82, 2.24) is 25.5 Å². The van der Waals surface area contributed by atoms with Crippen LogP contribution in [0, 0.1) is 17.8 Å². The van der Waals surface area contributed by atoms with E-state index in [4.69, 9.17) is 14.5 Å². The van der Waals surface area contributed by atoms with Crippen LogP contribution in [0.25, 0.3) is 21.7 Å². The van der Waals surface area contributed by atoms with Crippen LogP contribution < -0.4 is 20.3 Å².